The minimum Gasteiger partial charge on any atom is -0.323 e. The van der Waals surface area contributed by atoms with Crippen molar-refractivity contribution in [3.05, 3.63) is 27.4 Å². The second-order valence-corrected chi connectivity index (χ2v) is 4.61. The number of rotatable bonds is 1. The molecule has 0 fully saturated rings. The van der Waals surface area contributed by atoms with E-state index in [2.05, 4.69) is 11.4 Å². The highest BCUT2D eigenvalue weighted by molar-refractivity contribution is 7.14. The van der Waals surface area contributed by atoms with Crippen LogP contribution in [0.15, 0.2) is 17.5 Å². The first-order chi connectivity index (χ1) is 6.27. The molecular formula is C9H11ClN2S. The molecule has 1 aliphatic rings. The SMILES string of the molecule is NC1C=C(c2ccsc2Cl)CNC1. The number of halogens is 1. The first-order valence-corrected chi connectivity index (χ1v) is 5.43. The lowest BCUT2D eigenvalue weighted by Gasteiger charge is -2.18. The van der Waals surface area contributed by atoms with Gasteiger partial charge in [0.15, 0.2) is 0 Å². The van der Waals surface area contributed by atoms with E-state index in [-0.39, 0.29) is 6.04 Å². The van der Waals surface area contributed by atoms with E-state index in [1.165, 1.54) is 5.57 Å². The Morgan fingerprint density at radius 2 is 2.46 bits per heavy atom. The van der Waals surface area contributed by atoms with Gasteiger partial charge in [0, 0.05) is 24.7 Å². The van der Waals surface area contributed by atoms with Crippen molar-refractivity contribution in [1.82, 2.24) is 5.32 Å². The highest BCUT2D eigenvalue weighted by Gasteiger charge is 2.13. The van der Waals surface area contributed by atoms with E-state index in [0.717, 1.165) is 23.0 Å². The first kappa shape index (κ1) is 9.21. The minimum absolute atomic E-state index is 0.111. The average Bonchev–Trinajstić information content (AvgIpc) is 2.51. The molecule has 3 N–H and O–H groups in total. The molecule has 1 aliphatic heterocycles. The molecule has 1 aromatic rings. The molecule has 1 atom stereocenters. The lowest BCUT2D eigenvalue weighted by Crippen LogP contribution is -2.37. The number of hydrogen-bond acceptors (Lipinski definition) is 3. The van der Waals surface area contributed by atoms with E-state index in [4.69, 9.17) is 17.3 Å². The minimum atomic E-state index is 0.111. The van der Waals surface area contributed by atoms with Crippen LogP contribution in [0.1, 0.15) is 5.56 Å². The second-order valence-electron chi connectivity index (χ2n) is 3.09. The molecule has 2 heterocycles. The van der Waals surface area contributed by atoms with Crippen molar-refractivity contribution in [3.63, 3.8) is 0 Å². The van der Waals surface area contributed by atoms with Gasteiger partial charge in [0.2, 0.25) is 0 Å². The van der Waals surface area contributed by atoms with Gasteiger partial charge in [-0.05, 0) is 17.0 Å². The molecule has 4 heteroatoms. The van der Waals surface area contributed by atoms with E-state index >= 15 is 0 Å². The molecule has 70 valence electrons. The maximum absolute atomic E-state index is 6.03. The normalized spacial score (nSPS) is 22.9. The van der Waals surface area contributed by atoms with E-state index in [1.54, 1.807) is 11.3 Å². The van der Waals surface area contributed by atoms with Gasteiger partial charge in [0.1, 0.15) is 4.34 Å². The summed E-state index contributed by atoms with van der Waals surface area (Å²) in [5, 5.41) is 5.25. The van der Waals surface area contributed by atoms with Crippen molar-refractivity contribution in [2.24, 2.45) is 5.73 Å². The van der Waals surface area contributed by atoms with Crippen molar-refractivity contribution >= 4 is 28.5 Å². The third-order valence-electron chi connectivity index (χ3n) is 2.07. The van der Waals surface area contributed by atoms with Crippen LogP contribution in [0.2, 0.25) is 4.34 Å². The van der Waals surface area contributed by atoms with Gasteiger partial charge < -0.3 is 11.1 Å². The van der Waals surface area contributed by atoms with Gasteiger partial charge in [0.25, 0.3) is 0 Å². The van der Waals surface area contributed by atoms with Crippen molar-refractivity contribution in [3.8, 4) is 0 Å². The molecule has 0 bridgehead atoms. The lowest BCUT2D eigenvalue weighted by atomic mass is 10.0. The molecule has 1 unspecified atom stereocenters. The molecule has 0 aliphatic carbocycles. The van der Waals surface area contributed by atoms with Crippen LogP contribution in [0.25, 0.3) is 5.57 Å². The summed E-state index contributed by atoms with van der Waals surface area (Å²) < 4.78 is 0.849. The summed E-state index contributed by atoms with van der Waals surface area (Å²) in [7, 11) is 0. The Bertz CT molecular complexity index is 332. The summed E-state index contributed by atoms with van der Waals surface area (Å²) in [6, 6.07) is 2.15. The van der Waals surface area contributed by atoms with E-state index < -0.39 is 0 Å². The quantitative estimate of drug-likeness (QED) is 0.747. The van der Waals surface area contributed by atoms with Crippen LogP contribution in [-0.2, 0) is 0 Å². The van der Waals surface area contributed by atoms with Gasteiger partial charge in [-0.15, -0.1) is 11.3 Å². The molecule has 13 heavy (non-hydrogen) atoms. The fourth-order valence-corrected chi connectivity index (χ4v) is 2.45. The Morgan fingerprint density at radius 1 is 1.62 bits per heavy atom. The van der Waals surface area contributed by atoms with Crippen molar-refractivity contribution in [2.75, 3.05) is 13.1 Å². The highest BCUT2D eigenvalue weighted by atomic mass is 35.5. The van der Waals surface area contributed by atoms with Crippen LogP contribution in [0.4, 0.5) is 0 Å². The third kappa shape index (κ3) is 1.94. The predicted octanol–water partition coefficient (Wildman–Crippen LogP) is 1.72. The van der Waals surface area contributed by atoms with Crippen LogP contribution in [-0.4, -0.2) is 19.1 Å². The van der Waals surface area contributed by atoms with E-state index in [1.807, 2.05) is 11.4 Å². The zero-order valence-corrected chi connectivity index (χ0v) is 8.66. The number of thiophene rings is 1. The van der Waals surface area contributed by atoms with Crippen molar-refractivity contribution in [2.45, 2.75) is 6.04 Å². The summed E-state index contributed by atoms with van der Waals surface area (Å²) in [4.78, 5) is 0. The molecule has 0 saturated heterocycles. The summed E-state index contributed by atoms with van der Waals surface area (Å²) in [6.07, 6.45) is 2.09. The zero-order valence-electron chi connectivity index (χ0n) is 7.09. The van der Waals surface area contributed by atoms with Gasteiger partial charge in [-0.2, -0.15) is 0 Å². The smallest absolute Gasteiger partial charge is 0.100 e. The molecule has 1 aromatic heterocycles. The third-order valence-corrected chi connectivity index (χ3v) is 3.24. The molecule has 0 radical (unpaired) electrons. The van der Waals surface area contributed by atoms with Crippen LogP contribution >= 0.6 is 22.9 Å². The van der Waals surface area contributed by atoms with Crippen molar-refractivity contribution < 1.29 is 0 Å². The Kier molecular flexibility index (Phi) is 2.69. The Balaban J connectivity index is 2.30. The number of hydrogen-bond donors (Lipinski definition) is 2. The van der Waals surface area contributed by atoms with Crippen LogP contribution in [0.3, 0.4) is 0 Å². The number of nitrogens with two attached hydrogens (primary N) is 1. The summed E-state index contributed by atoms with van der Waals surface area (Å²) in [5.74, 6) is 0. The molecule has 0 saturated carbocycles. The fraction of sp³-hybridized carbons (Fsp3) is 0.333. The molecule has 0 amide bonds. The van der Waals surface area contributed by atoms with Crippen molar-refractivity contribution in [1.29, 1.82) is 0 Å². The Hall–Kier alpha value is -0.350. The second kappa shape index (κ2) is 3.80. The Labute approximate surface area is 86.4 Å². The number of nitrogens with one attached hydrogen (secondary N) is 1. The molecular weight excluding hydrogens is 204 g/mol. The van der Waals surface area contributed by atoms with Gasteiger partial charge >= 0.3 is 0 Å². The van der Waals surface area contributed by atoms with Crippen LogP contribution < -0.4 is 11.1 Å². The summed E-state index contributed by atoms with van der Waals surface area (Å²) in [6.45, 7) is 1.72. The molecule has 2 rings (SSSR count). The fourth-order valence-electron chi connectivity index (χ4n) is 1.46. The highest BCUT2D eigenvalue weighted by Crippen LogP contribution is 2.29. The lowest BCUT2D eigenvalue weighted by molar-refractivity contribution is 0.663. The van der Waals surface area contributed by atoms with E-state index in [9.17, 15) is 0 Å². The largest absolute Gasteiger partial charge is 0.323 e. The predicted molar refractivity (Wildman–Crippen MR) is 58.2 cm³/mol. The van der Waals surface area contributed by atoms with Crippen LogP contribution in [0, 0.1) is 0 Å². The molecule has 2 nitrogen and oxygen atoms in total. The van der Waals surface area contributed by atoms with Gasteiger partial charge in [-0.25, -0.2) is 0 Å². The van der Waals surface area contributed by atoms with Gasteiger partial charge in [-0.1, -0.05) is 17.7 Å². The molecule has 0 spiro atoms. The van der Waals surface area contributed by atoms with E-state index in [0.29, 0.717) is 0 Å². The van der Waals surface area contributed by atoms with Gasteiger partial charge in [0.05, 0.1) is 0 Å². The maximum Gasteiger partial charge on any atom is 0.100 e. The molecule has 0 aromatic carbocycles. The van der Waals surface area contributed by atoms with Gasteiger partial charge in [-0.3, -0.25) is 0 Å². The monoisotopic (exact) mass is 214 g/mol. The maximum atomic E-state index is 6.03. The average molecular weight is 215 g/mol. The topological polar surface area (TPSA) is 38.0 Å². The summed E-state index contributed by atoms with van der Waals surface area (Å²) >= 11 is 7.59. The Morgan fingerprint density at radius 3 is 3.08 bits per heavy atom. The zero-order chi connectivity index (χ0) is 9.26. The first-order valence-electron chi connectivity index (χ1n) is 4.18. The van der Waals surface area contributed by atoms with Crippen LogP contribution in [0.5, 0.6) is 0 Å². The summed E-state index contributed by atoms with van der Waals surface area (Å²) in [5.41, 5.74) is 8.14. The standard InChI is InChI=1S/C9H11ClN2S/c10-9-8(1-2-13-9)6-3-7(11)5-12-4-6/h1-3,7,12H,4-5,11H2.